The first kappa shape index (κ1) is 12.2. The number of rotatable bonds is 4. The van der Waals surface area contributed by atoms with Crippen molar-refractivity contribution in [2.24, 2.45) is 0 Å². The van der Waals surface area contributed by atoms with Gasteiger partial charge in [-0.1, -0.05) is 6.07 Å². The summed E-state index contributed by atoms with van der Waals surface area (Å²) in [6.45, 7) is 1.93. The lowest BCUT2D eigenvalue weighted by Gasteiger charge is -2.24. The monoisotopic (exact) mass is 233 g/mol. The van der Waals surface area contributed by atoms with E-state index in [4.69, 9.17) is 4.74 Å². The Kier molecular flexibility index (Phi) is 3.89. The first-order chi connectivity index (χ1) is 8.22. The number of carbonyl (C=O) groups excluding carboxylic acids is 1. The molecule has 1 aromatic rings. The second-order valence-electron chi connectivity index (χ2n) is 4.71. The summed E-state index contributed by atoms with van der Waals surface area (Å²) < 4.78 is 5.16. The zero-order valence-electron chi connectivity index (χ0n) is 10.5. The maximum atomic E-state index is 12.2. The fourth-order valence-corrected chi connectivity index (χ4v) is 2.43. The van der Waals surface area contributed by atoms with Gasteiger partial charge in [0.25, 0.3) is 0 Å². The molecule has 0 saturated heterocycles. The third-order valence-electron chi connectivity index (χ3n) is 3.47. The molecule has 92 valence electrons. The summed E-state index contributed by atoms with van der Waals surface area (Å²) in [5.41, 5.74) is 2.23. The molecule has 2 atom stereocenters. The van der Waals surface area contributed by atoms with Crippen LogP contribution in [0.5, 0.6) is 0 Å². The van der Waals surface area contributed by atoms with Gasteiger partial charge in [0.05, 0.1) is 17.7 Å². The van der Waals surface area contributed by atoms with Crippen molar-refractivity contribution < 1.29 is 9.53 Å². The SMILES string of the molecule is COC(C)CC(=O)C1CCCc2cccnc21. The van der Waals surface area contributed by atoms with Crippen molar-refractivity contribution in [1.82, 2.24) is 4.98 Å². The van der Waals surface area contributed by atoms with Crippen LogP contribution in [0, 0.1) is 0 Å². The van der Waals surface area contributed by atoms with E-state index in [1.54, 1.807) is 13.3 Å². The van der Waals surface area contributed by atoms with Gasteiger partial charge in [0.2, 0.25) is 0 Å². The lowest BCUT2D eigenvalue weighted by Crippen LogP contribution is -2.23. The molecule has 0 fully saturated rings. The third kappa shape index (κ3) is 2.72. The van der Waals surface area contributed by atoms with Crippen LogP contribution in [0.15, 0.2) is 18.3 Å². The number of nitrogens with zero attached hydrogens (tertiary/aromatic N) is 1. The number of carbonyl (C=O) groups is 1. The summed E-state index contributed by atoms with van der Waals surface area (Å²) in [6, 6.07) is 4.03. The highest BCUT2D eigenvalue weighted by atomic mass is 16.5. The largest absolute Gasteiger partial charge is 0.381 e. The molecule has 1 aromatic heterocycles. The molecule has 1 heterocycles. The van der Waals surface area contributed by atoms with Crippen LogP contribution in [0.4, 0.5) is 0 Å². The summed E-state index contributed by atoms with van der Waals surface area (Å²) in [5, 5.41) is 0. The summed E-state index contributed by atoms with van der Waals surface area (Å²) in [6.07, 6.45) is 5.32. The van der Waals surface area contributed by atoms with Crippen molar-refractivity contribution in [3.8, 4) is 0 Å². The molecule has 17 heavy (non-hydrogen) atoms. The van der Waals surface area contributed by atoms with Crippen molar-refractivity contribution in [1.29, 1.82) is 0 Å². The summed E-state index contributed by atoms with van der Waals surface area (Å²) >= 11 is 0. The fraction of sp³-hybridized carbons (Fsp3) is 0.571. The van der Waals surface area contributed by atoms with E-state index < -0.39 is 0 Å². The Balaban J connectivity index is 2.15. The van der Waals surface area contributed by atoms with Crippen LogP contribution in [0.25, 0.3) is 0 Å². The second-order valence-corrected chi connectivity index (χ2v) is 4.71. The number of hydrogen-bond donors (Lipinski definition) is 0. The number of methoxy groups -OCH3 is 1. The topological polar surface area (TPSA) is 39.2 Å². The molecule has 0 N–H and O–H groups in total. The number of fused-ring (bicyclic) bond motifs is 1. The molecule has 1 aliphatic rings. The van der Waals surface area contributed by atoms with E-state index in [2.05, 4.69) is 11.1 Å². The van der Waals surface area contributed by atoms with Gasteiger partial charge in [-0.2, -0.15) is 0 Å². The van der Waals surface area contributed by atoms with Gasteiger partial charge < -0.3 is 4.74 Å². The Hall–Kier alpha value is -1.22. The Bertz CT molecular complexity index is 403. The molecular formula is C14H19NO2. The minimum absolute atomic E-state index is 0.00316. The number of hydrogen-bond acceptors (Lipinski definition) is 3. The quantitative estimate of drug-likeness (QED) is 0.802. The molecule has 3 heteroatoms. The Morgan fingerprint density at radius 3 is 3.24 bits per heavy atom. The Labute approximate surface area is 102 Å². The number of aryl methyl sites for hydroxylation is 1. The van der Waals surface area contributed by atoms with Gasteiger partial charge in [0, 0.05) is 19.7 Å². The van der Waals surface area contributed by atoms with Crippen molar-refractivity contribution in [3.05, 3.63) is 29.6 Å². The number of ketones is 1. The van der Waals surface area contributed by atoms with Gasteiger partial charge in [-0.3, -0.25) is 9.78 Å². The van der Waals surface area contributed by atoms with E-state index in [0.717, 1.165) is 25.0 Å². The van der Waals surface area contributed by atoms with Gasteiger partial charge in [-0.25, -0.2) is 0 Å². The molecule has 0 amide bonds. The van der Waals surface area contributed by atoms with Crippen LogP contribution < -0.4 is 0 Å². The van der Waals surface area contributed by atoms with Gasteiger partial charge >= 0.3 is 0 Å². The lowest BCUT2D eigenvalue weighted by atomic mass is 9.82. The summed E-state index contributed by atoms with van der Waals surface area (Å²) in [7, 11) is 1.64. The highest BCUT2D eigenvalue weighted by molar-refractivity contribution is 5.86. The highest BCUT2D eigenvalue weighted by Crippen LogP contribution is 2.31. The van der Waals surface area contributed by atoms with Crippen LogP contribution in [0.2, 0.25) is 0 Å². The van der Waals surface area contributed by atoms with E-state index >= 15 is 0 Å². The predicted molar refractivity (Wildman–Crippen MR) is 66.0 cm³/mol. The molecule has 0 saturated carbocycles. The normalized spacial score (nSPS) is 20.7. The Morgan fingerprint density at radius 2 is 2.47 bits per heavy atom. The van der Waals surface area contributed by atoms with Crippen LogP contribution in [0.1, 0.15) is 43.4 Å². The van der Waals surface area contributed by atoms with E-state index in [1.165, 1.54) is 5.56 Å². The van der Waals surface area contributed by atoms with E-state index in [9.17, 15) is 4.79 Å². The third-order valence-corrected chi connectivity index (χ3v) is 3.47. The van der Waals surface area contributed by atoms with Crippen LogP contribution in [-0.2, 0) is 16.0 Å². The van der Waals surface area contributed by atoms with Crippen molar-refractivity contribution >= 4 is 5.78 Å². The molecule has 0 spiro atoms. The maximum Gasteiger partial charge on any atom is 0.144 e. The Morgan fingerprint density at radius 1 is 1.65 bits per heavy atom. The maximum absolute atomic E-state index is 12.2. The average Bonchev–Trinajstić information content (AvgIpc) is 2.37. The van der Waals surface area contributed by atoms with Crippen LogP contribution in [-0.4, -0.2) is 24.0 Å². The highest BCUT2D eigenvalue weighted by Gasteiger charge is 2.28. The molecule has 1 aliphatic carbocycles. The minimum Gasteiger partial charge on any atom is -0.381 e. The molecule has 0 aliphatic heterocycles. The van der Waals surface area contributed by atoms with Gasteiger partial charge in [-0.15, -0.1) is 0 Å². The zero-order chi connectivity index (χ0) is 12.3. The minimum atomic E-state index is -0.0162. The molecule has 0 radical (unpaired) electrons. The number of Topliss-reactive ketones (excluding diaryl/α,β-unsaturated/α-hetero) is 1. The summed E-state index contributed by atoms with van der Waals surface area (Å²) in [4.78, 5) is 16.6. The van der Waals surface area contributed by atoms with E-state index in [0.29, 0.717) is 6.42 Å². The van der Waals surface area contributed by atoms with Crippen molar-refractivity contribution in [3.63, 3.8) is 0 Å². The molecular weight excluding hydrogens is 214 g/mol. The predicted octanol–water partition coefficient (Wildman–Crippen LogP) is 2.50. The summed E-state index contributed by atoms with van der Waals surface area (Å²) in [5.74, 6) is 0.247. The molecule has 2 unspecified atom stereocenters. The average molecular weight is 233 g/mol. The van der Waals surface area contributed by atoms with Gasteiger partial charge in [0.15, 0.2) is 0 Å². The number of ether oxygens (including phenoxy) is 1. The molecule has 0 aromatic carbocycles. The van der Waals surface area contributed by atoms with Crippen LogP contribution in [0.3, 0.4) is 0 Å². The first-order valence-electron chi connectivity index (χ1n) is 6.21. The standard InChI is InChI=1S/C14H19NO2/c1-10(17-2)9-13(16)12-7-3-5-11-6-4-8-15-14(11)12/h4,6,8,10,12H,3,5,7,9H2,1-2H3. The van der Waals surface area contributed by atoms with Crippen molar-refractivity contribution in [2.75, 3.05) is 7.11 Å². The molecule has 3 nitrogen and oxygen atoms in total. The van der Waals surface area contributed by atoms with Gasteiger partial charge in [0.1, 0.15) is 5.78 Å². The van der Waals surface area contributed by atoms with E-state index in [1.807, 2.05) is 13.0 Å². The lowest BCUT2D eigenvalue weighted by molar-refractivity contribution is -0.123. The van der Waals surface area contributed by atoms with Gasteiger partial charge in [-0.05, 0) is 37.8 Å². The number of pyridine rings is 1. The zero-order valence-corrected chi connectivity index (χ0v) is 10.5. The smallest absolute Gasteiger partial charge is 0.144 e. The first-order valence-corrected chi connectivity index (χ1v) is 6.21. The van der Waals surface area contributed by atoms with Crippen LogP contribution >= 0.6 is 0 Å². The molecule has 0 bridgehead atoms. The molecule has 2 rings (SSSR count). The second kappa shape index (κ2) is 5.41. The van der Waals surface area contributed by atoms with Crippen molar-refractivity contribution in [2.45, 2.75) is 44.6 Å². The fourth-order valence-electron chi connectivity index (χ4n) is 2.43. The number of aromatic nitrogens is 1. The van der Waals surface area contributed by atoms with E-state index in [-0.39, 0.29) is 17.8 Å².